The molecule has 0 spiro atoms. The number of rotatable bonds is 5. The lowest BCUT2D eigenvalue weighted by Crippen LogP contribution is -2.41. The number of hydrogen-bond acceptors (Lipinski definition) is 6. The molecule has 1 aliphatic rings. The van der Waals surface area contributed by atoms with E-state index in [1.165, 1.54) is 23.1 Å². The van der Waals surface area contributed by atoms with E-state index in [0.717, 1.165) is 23.4 Å². The van der Waals surface area contributed by atoms with Crippen molar-refractivity contribution in [2.75, 3.05) is 19.7 Å². The van der Waals surface area contributed by atoms with Crippen LogP contribution >= 0.6 is 11.3 Å². The Labute approximate surface area is 166 Å². The Bertz CT molecular complexity index is 960. The molecule has 0 bridgehead atoms. The molecule has 6 nitrogen and oxygen atoms in total. The third-order valence-corrected chi connectivity index (χ3v) is 5.90. The van der Waals surface area contributed by atoms with Crippen LogP contribution in [0.3, 0.4) is 0 Å². The number of carbonyl (C=O) groups is 2. The molecule has 1 atom stereocenters. The van der Waals surface area contributed by atoms with Crippen LogP contribution < -0.4 is 0 Å². The van der Waals surface area contributed by atoms with E-state index in [4.69, 9.17) is 14.1 Å². The first-order valence-electron chi connectivity index (χ1n) is 9.20. The van der Waals surface area contributed by atoms with Crippen LogP contribution in [-0.4, -0.2) is 41.5 Å². The Morgan fingerprint density at radius 2 is 2.18 bits per heavy atom. The standard InChI is InChI=1S/C21H20N2O4S/c24-19(14-27-20(25)10-9-16-6-4-12-26-16)23-11-3-5-15(13-23)21-22-17-7-1-2-8-18(17)28-21/h1-2,4,6-10,12,15H,3,5,11,13-14H2/b10-9+/t15-/m0/s1. The summed E-state index contributed by atoms with van der Waals surface area (Å²) in [4.78, 5) is 30.8. The Morgan fingerprint density at radius 1 is 1.29 bits per heavy atom. The number of benzene rings is 1. The van der Waals surface area contributed by atoms with Crippen molar-refractivity contribution in [3.05, 3.63) is 59.5 Å². The second-order valence-corrected chi connectivity index (χ2v) is 7.72. The number of furan rings is 1. The molecule has 1 saturated heterocycles. The molecular weight excluding hydrogens is 376 g/mol. The maximum atomic E-state index is 12.5. The second-order valence-electron chi connectivity index (χ2n) is 6.66. The van der Waals surface area contributed by atoms with Gasteiger partial charge in [-0.1, -0.05) is 12.1 Å². The lowest BCUT2D eigenvalue weighted by molar-refractivity contribution is -0.148. The Morgan fingerprint density at radius 3 is 3.00 bits per heavy atom. The van der Waals surface area contributed by atoms with Crippen molar-refractivity contribution in [2.45, 2.75) is 18.8 Å². The fourth-order valence-corrected chi connectivity index (χ4v) is 4.37. The summed E-state index contributed by atoms with van der Waals surface area (Å²) in [6.45, 7) is 1.03. The maximum absolute atomic E-state index is 12.5. The summed E-state index contributed by atoms with van der Waals surface area (Å²) in [7, 11) is 0. The van der Waals surface area contributed by atoms with Crippen LogP contribution in [0, 0.1) is 0 Å². The van der Waals surface area contributed by atoms with Crippen LogP contribution in [0.25, 0.3) is 16.3 Å². The second kappa shape index (κ2) is 8.39. The number of aromatic nitrogens is 1. The van der Waals surface area contributed by atoms with Crippen molar-refractivity contribution in [1.82, 2.24) is 9.88 Å². The predicted octanol–water partition coefficient (Wildman–Crippen LogP) is 3.85. The summed E-state index contributed by atoms with van der Waals surface area (Å²) in [5, 5.41) is 1.07. The van der Waals surface area contributed by atoms with Crippen LogP contribution in [0.1, 0.15) is 29.5 Å². The number of esters is 1. The van der Waals surface area contributed by atoms with Crippen LogP contribution in [0.2, 0.25) is 0 Å². The maximum Gasteiger partial charge on any atom is 0.331 e. The van der Waals surface area contributed by atoms with Gasteiger partial charge in [0, 0.05) is 25.1 Å². The zero-order chi connectivity index (χ0) is 19.3. The van der Waals surface area contributed by atoms with E-state index in [0.29, 0.717) is 18.8 Å². The highest BCUT2D eigenvalue weighted by Crippen LogP contribution is 2.32. The molecule has 28 heavy (non-hydrogen) atoms. The Kier molecular flexibility index (Phi) is 5.53. The molecule has 0 radical (unpaired) electrons. The summed E-state index contributed by atoms with van der Waals surface area (Å²) >= 11 is 1.69. The monoisotopic (exact) mass is 396 g/mol. The quantitative estimate of drug-likeness (QED) is 0.484. The van der Waals surface area contributed by atoms with E-state index in [1.54, 1.807) is 28.4 Å². The molecule has 1 amide bonds. The molecule has 3 heterocycles. The van der Waals surface area contributed by atoms with E-state index in [-0.39, 0.29) is 18.4 Å². The Hall–Kier alpha value is -2.93. The van der Waals surface area contributed by atoms with Gasteiger partial charge in [-0.2, -0.15) is 0 Å². The van der Waals surface area contributed by atoms with Gasteiger partial charge >= 0.3 is 5.97 Å². The van der Waals surface area contributed by atoms with Crippen LogP contribution in [-0.2, 0) is 14.3 Å². The van der Waals surface area contributed by atoms with Gasteiger partial charge < -0.3 is 14.1 Å². The van der Waals surface area contributed by atoms with Gasteiger partial charge in [-0.15, -0.1) is 11.3 Å². The summed E-state index contributed by atoms with van der Waals surface area (Å²) in [5.41, 5.74) is 1.00. The van der Waals surface area contributed by atoms with Gasteiger partial charge in [-0.05, 0) is 43.2 Å². The van der Waals surface area contributed by atoms with Crippen molar-refractivity contribution in [3.63, 3.8) is 0 Å². The third-order valence-electron chi connectivity index (χ3n) is 4.70. The van der Waals surface area contributed by atoms with E-state index in [2.05, 4.69) is 6.07 Å². The van der Waals surface area contributed by atoms with Crippen LogP contribution in [0.15, 0.2) is 53.2 Å². The molecule has 144 valence electrons. The van der Waals surface area contributed by atoms with Gasteiger partial charge in [0.2, 0.25) is 0 Å². The number of nitrogens with zero attached hydrogens (tertiary/aromatic N) is 2. The van der Waals surface area contributed by atoms with Gasteiger partial charge in [0.15, 0.2) is 6.61 Å². The summed E-state index contributed by atoms with van der Waals surface area (Å²) in [6.07, 6.45) is 6.21. The average molecular weight is 396 g/mol. The topological polar surface area (TPSA) is 72.6 Å². The number of ether oxygens (including phenoxy) is 1. The van der Waals surface area contributed by atoms with Gasteiger partial charge in [0.25, 0.3) is 5.91 Å². The number of fused-ring (bicyclic) bond motifs is 1. The number of hydrogen-bond donors (Lipinski definition) is 0. The van der Waals surface area contributed by atoms with Crippen LogP contribution in [0.4, 0.5) is 0 Å². The van der Waals surface area contributed by atoms with Gasteiger partial charge in [0.1, 0.15) is 5.76 Å². The lowest BCUT2D eigenvalue weighted by atomic mass is 9.99. The molecule has 0 aliphatic carbocycles. The highest BCUT2D eigenvalue weighted by molar-refractivity contribution is 7.18. The predicted molar refractivity (Wildman–Crippen MR) is 107 cm³/mol. The first kappa shape index (κ1) is 18.4. The first-order chi connectivity index (χ1) is 13.7. The number of amides is 1. The fourth-order valence-electron chi connectivity index (χ4n) is 3.28. The molecule has 1 fully saturated rings. The molecule has 0 unspecified atom stereocenters. The molecule has 0 N–H and O–H groups in total. The zero-order valence-electron chi connectivity index (χ0n) is 15.2. The molecule has 3 aromatic rings. The van der Waals surface area contributed by atoms with Gasteiger partial charge in [0.05, 0.1) is 21.5 Å². The average Bonchev–Trinajstić information content (AvgIpc) is 3.40. The largest absolute Gasteiger partial charge is 0.465 e. The normalized spacial score (nSPS) is 17.3. The molecule has 1 aliphatic heterocycles. The highest BCUT2D eigenvalue weighted by atomic mass is 32.1. The number of piperidine rings is 1. The molecule has 0 saturated carbocycles. The minimum atomic E-state index is -0.565. The zero-order valence-corrected chi connectivity index (χ0v) is 16.1. The van der Waals surface area contributed by atoms with Crippen molar-refractivity contribution >= 4 is 39.5 Å². The minimum Gasteiger partial charge on any atom is -0.465 e. The minimum absolute atomic E-state index is 0.175. The molecule has 4 rings (SSSR count). The van der Waals surface area contributed by atoms with Crippen molar-refractivity contribution in [1.29, 1.82) is 0 Å². The van der Waals surface area contributed by atoms with E-state index < -0.39 is 5.97 Å². The highest BCUT2D eigenvalue weighted by Gasteiger charge is 2.27. The summed E-state index contributed by atoms with van der Waals surface area (Å²) in [6, 6.07) is 11.5. The van der Waals surface area contributed by atoms with Gasteiger partial charge in [-0.25, -0.2) is 9.78 Å². The first-order valence-corrected chi connectivity index (χ1v) is 10.0. The van der Waals surface area contributed by atoms with Crippen molar-refractivity contribution < 1.29 is 18.7 Å². The molecule has 7 heteroatoms. The Balaban J connectivity index is 1.32. The summed E-state index contributed by atoms with van der Waals surface area (Å²) in [5.74, 6) is 0.0395. The third kappa shape index (κ3) is 4.31. The van der Waals surface area contributed by atoms with Crippen LogP contribution in [0.5, 0.6) is 0 Å². The number of carbonyl (C=O) groups excluding carboxylic acids is 2. The lowest BCUT2D eigenvalue weighted by Gasteiger charge is -2.31. The number of para-hydroxylation sites is 1. The fraction of sp³-hybridized carbons (Fsp3) is 0.286. The molecule has 2 aromatic heterocycles. The molecular formula is C21H20N2O4S. The summed E-state index contributed by atoms with van der Waals surface area (Å²) < 4.78 is 11.3. The number of likely N-dealkylation sites (tertiary alicyclic amines) is 1. The smallest absolute Gasteiger partial charge is 0.331 e. The number of thiazole rings is 1. The SMILES string of the molecule is O=C(/C=C/c1ccco1)OCC(=O)N1CCC[C@H](c2nc3ccccc3s2)C1. The van der Waals surface area contributed by atoms with E-state index >= 15 is 0 Å². The van der Waals surface area contributed by atoms with E-state index in [9.17, 15) is 9.59 Å². The van der Waals surface area contributed by atoms with Crippen molar-refractivity contribution in [3.8, 4) is 0 Å². The van der Waals surface area contributed by atoms with E-state index in [1.807, 2.05) is 18.2 Å². The van der Waals surface area contributed by atoms with Crippen molar-refractivity contribution in [2.24, 2.45) is 0 Å². The van der Waals surface area contributed by atoms with Gasteiger partial charge in [-0.3, -0.25) is 4.79 Å². The molecule has 1 aromatic carbocycles.